The SMILES string of the molecule is COc1ccc([Si](C)(C)[C@@H]2[C@@H](CCO)O[C@]3(C(=O)N(Cc4ccc(N5C(=O)c6cccc7cccc5c67)cc4)c4ccc(Br)cc43)[C@H]2C)cc1. The summed E-state index contributed by atoms with van der Waals surface area (Å²) in [6, 6.07) is 34.0. The molecule has 0 unspecified atom stereocenters. The lowest BCUT2D eigenvalue weighted by molar-refractivity contribution is -0.146. The molecule has 0 aromatic heterocycles. The summed E-state index contributed by atoms with van der Waals surface area (Å²) in [5.41, 5.74) is 3.88. The van der Waals surface area contributed by atoms with Crippen molar-refractivity contribution in [2.75, 3.05) is 23.5 Å². The summed E-state index contributed by atoms with van der Waals surface area (Å²) >= 11 is 3.68. The van der Waals surface area contributed by atoms with Crippen molar-refractivity contribution >= 4 is 68.8 Å². The topological polar surface area (TPSA) is 79.3 Å². The predicted molar refractivity (Wildman–Crippen MR) is 203 cm³/mol. The standard InChI is InChI=1S/C41H39BrN2O5Si/c1-25-38(50(3,4)31-18-16-30(48-2)17-19-31)36(21-22-45)49-41(25)33-23-28(42)13-20-34(33)43(40(41)47)24-26-11-14-29(15-12-26)44-35-10-6-8-27-7-5-9-32(37(27)35)39(44)46/h5-20,23,25,36,38,45H,21-22,24H2,1-4H3/t25-,36+,38-,41+/m0/s1. The third kappa shape index (κ3) is 4.81. The van der Waals surface area contributed by atoms with Gasteiger partial charge in [-0.3, -0.25) is 14.5 Å². The van der Waals surface area contributed by atoms with Crippen LogP contribution >= 0.6 is 15.9 Å². The number of hydrogen-bond acceptors (Lipinski definition) is 5. The molecule has 9 heteroatoms. The number of aliphatic hydroxyl groups excluding tert-OH is 1. The summed E-state index contributed by atoms with van der Waals surface area (Å²) in [7, 11) is -0.604. The first-order valence-electron chi connectivity index (χ1n) is 17.1. The maximum absolute atomic E-state index is 15.0. The maximum atomic E-state index is 15.0. The van der Waals surface area contributed by atoms with Crippen LogP contribution in [0.1, 0.15) is 34.8 Å². The van der Waals surface area contributed by atoms with Crippen molar-refractivity contribution in [2.45, 2.75) is 50.2 Å². The van der Waals surface area contributed by atoms with E-state index in [1.165, 1.54) is 5.19 Å². The lowest BCUT2D eigenvalue weighted by Crippen LogP contribution is -2.51. The number of anilines is 3. The van der Waals surface area contributed by atoms with Crippen molar-refractivity contribution in [3.8, 4) is 5.75 Å². The number of halogens is 1. The van der Waals surface area contributed by atoms with E-state index in [-0.39, 0.29) is 36.0 Å². The zero-order valence-corrected chi connectivity index (χ0v) is 31.1. The van der Waals surface area contributed by atoms with Gasteiger partial charge >= 0.3 is 0 Å². The third-order valence-electron chi connectivity index (χ3n) is 11.3. The molecule has 5 aromatic carbocycles. The summed E-state index contributed by atoms with van der Waals surface area (Å²) in [4.78, 5) is 32.1. The molecule has 5 aromatic rings. The number of rotatable bonds is 8. The third-order valence-corrected chi connectivity index (χ3v) is 16.2. The Morgan fingerprint density at radius 1 is 0.920 bits per heavy atom. The smallest absolute Gasteiger partial charge is 0.264 e. The Morgan fingerprint density at radius 3 is 2.34 bits per heavy atom. The molecule has 2 amide bonds. The van der Waals surface area contributed by atoms with Crippen molar-refractivity contribution in [2.24, 2.45) is 5.92 Å². The zero-order valence-electron chi connectivity index (χ0n) is 28.5. The number of benzene rings is 5. The number of fused-ring (bicyclic) bond motifs is 2. The number of amides is 2. The summed E-state index contributed by atoms with van der Waals surface area (Å²) in [5.74, 6) is 0.534. The number of nitrogens with zero attached hydrogens (tertiary/aromatic N) is 2. The lowest BCUT2D eigenvalue weighted by Gasteiger charge is -2.37. The van der Waals surface area contributed by atoms with E-state index in [2.05, 4.69) is 48.1 Å². The number of ether oxygens (including phenoxy) is 2. The quantitative estimate of drug-likeness (QED) is 0.163. The molecule has 7 nitrogen and oxygen atoms in total. The van der Waals surface area contributed by atoms with Gasteiger partial charge in [0, 0.05) is 33.6 Å². The van der Waals surface area contributed by atoms with Crippen LogP contribution in [0.4, 0.5) is 17.1 Å². The summed E-state index contributed by atoms with van der Waals surface area (Å²) in [6.45, 7) is 7.17. The highest BCUT2D eigenvalue weighted by Gasteiger charge is 2.66. The molecule has 8 rings (SSSR count). The normalized spacial score (nSPS) is 22.6. The summed E-state index contributed by atoms with van der Waals surface area (Å²) in [6.07, 6.45) is 0.161. The van der Waals surface area contributed by atoms with Crippen LogP contribution in [0.2, 0.25) is 18.6 Å². The van der Waals surface area contributed by atoms with Crippen LogP contribution in [0.15, 0.2) is 108 Å². The Labute approximate surface area is 301 Å². The second-order valence-electron chi connectivity index (χ2n) is 14.2. The van der Waals surface area contributed by atoms with Crippen LogP contribution in [-0.2, 0) is 21.7 Å². The van der Waals surface area contributed by atoms with E-state index in [9.17, 15) is 14.7 Å². The van der Waals surface area contributed by atoms with E-state index in [1.807, 2.05) is 95.9 Å². The number of methoxy groups -OCH3 is 1. The van der Waals surface area contributed by atoms with Crippen LogP contribution in [0.5, 0.6) is 5.75 Å². The van der Waals surface area contributed by atoms with Crippen molar-refractivity contribution in [3.05, 3.63) is 124 Å². The molecule has 1 N–H and O–H groups in total. The molecule has 0 saturated carbocycles. The fourth-order valence-corrected chi connectivity index (χ4v) is 13.4. The summed E-state index contributed by atoms with van der Waals surface area (Å²) < 4.78 is 13.4. The van der Waals surface area contributed by atoms with Gasteiger partial charge in [0.2, 0.25) is 0 Å². The van der Waals surface area contributed by atoms with Gasteiger partial charge in [0.15, 0.2) is 5.60 Å². The molecule has 3 heterocycles. The molecule has 1 saturated heterocycles. The number of aliphatic hydroxyl groups is 1. The Kier molecular flexibility index (Phi) is 8.02. The lowest BCUT2D eigenvalue weighted by atomic mass is 9.82. The van der Waals surface area contributed by atoms with E-state index in [1.54, 1.807) is 12.0 Å². The fraction of sp³-hybridized carbons (Fsp3) is 0.268. The van der Waals surface area contributed by atoms with Gasteiger partial charge in [-0.05, 0) is 77.5 Å². The molecule has 0 bridgehead atoms. The Balaban J connectivity index is 1.13. The van der Waals surface area contributed by atoms with Gasteiger partial charge < -0.3 is 19.5 Å². The minimum absolute atomic E-state index is 0.0221. The molecule has 254 valence electrons. The molecule has 3 aliphatic rings. The molecule has 0 aliphatic carbocycles. The minimum Gasteiger partial charge on any atom is -0.497 e. The van der Waals surface area contributed by atoms with Crippen molar-refractivity contribution in [1.29, 1.82) is 0 Å². The van der Waals surface area contributed by atoms with Crippen molar-refractivity contribution < 1.29 is 24.2 Å². The Morgan fingerprint density at radius 2 is 1.64 bits per heavy atom. The molecular formula is C41H39BrN2O5Si. The van der Waals surface area contributed by atoms with Crippen LogP contribution in [0, 0.1) is 5.92 Å². The van der Waals surface area contributed by atoms with Gasteiger partial charge in [0.25, 0.3) is 11.8 Å². The van der Waals surface area contributed by atoms with E-state index in [0.717, 1.165) is 49.2 Å². The monoisotopic (exact) mass is 746 g/mol. The van der Waals surface area contributed by atoms with E-state index < -0.39 is 13.7 Å². The molecule has 4 atom stereocenters. The first kappa shape index (κ1) is 32.9. The molecule has 3 aliphatic heterocycles. The largest absolute Gasteiger partial charge is 0.497 e. The molecule has 50 heavy (non-hydrogen) atoms. The van der Waals surface area contributed by atoms with Crippen LogP contribution in [-0.4, -0.2) is 44.8 Å². The van der Waals surface area contributed by atoms with Gasteiger partial charge in [0.1, 0.15) is 5.75 Å². The van der Waals surface area contributed by atoms with Gasteiger partial charge in [-0.15, -0.1) is 0 Å². The summed E-state index contributed by atoms with van der Waals surface area (Å²) in [5, 5.41) is 13.5. The Bertz CT molecular complexity index is 2150. The van der Waals surface area contributed by atoms with E-state index in [4.69, 9.17) is 9.47 Å². The fourth-order valence-electron chi connectivity index (χ4n) is 8.94. The molecular weight excluding hydrogens is 708 g/mol. The highest BCUT2D eigenvalue weighted by molar-refractivity contribution is 9.10. The zero-order chi connectivity index (χ0) is 34.9. The molecule has 1 spiro atoms. The Hall–Kier alpha value is -4.28. The van der Waals surface area contributed by atoms with Gasteiger partial charge in [0.05, 0.1) is 44.8 Å². The highest BCUT2D eigenvalue weighted by atomic mass is 79.9. The number of carbonyl (C=O) groups is 2. The van der Waals surface area contributed by atoms with Crippen molar-refractivity contribution in [3.63, 3.8) is 0 Å². The van der Waals surface area contributed by atoms with E-state index >= 15 is 0 Å². The number of carbonyl (C=O) groups excluding carboxylic acids is 2. The maximum Gasteiger partial charge on any atom is 0.264 e. The second kappa shape index (κ2) is 12.2. The molecule has 1 fully saturated rings. The van der Waals surface area contributed by atoms with Crippen LogP contribution in [0.25, 0.3) is 10.8 Å². The van der Waals surface area contributed by atoms with Crippen molar-refractivity contribution in [1.82, 2.24) is 0 Å². The number of hydrogen-bond donors (Lipinski definition) is 1. The minimum atomic E-state index is -2.27. The van der Waals surface area contributed by atoms with E-state index in [0.29, 0.717) is 18.5 Å². The first-order chi connectivity index (χ1) is 24.1. The highest BCUT2D eigenvalue weighted by Crippen LogP contribution is 2.60. The second-order valence-corrected chi connectivity index (χ2v) is 19.8. The van der Waals surface area contributed by atoms with Gasteiger partial charge in [-0.1, -0.05) is 89.7 Å². The molecule has 0 radical (unpaired) electrons. The van der Waals surface area contributed by atoms with Crippen LogP contribution in [0.3, 0.4) is 0 Å². The van der Waals surface area contributed by atoms with Gasteiger partial charge in [-0.25, -0.2) is 0 Å². The van der Waals surface area contributed by atoms with Gasteiger partial charge in [-0.2, -0.15) is 0 Å². The average Bonchev–Trinajstić information content (AvgIpc) is 3.67. The predicted octanol–water partition coefficient (Wildman–Crippen LogP) is 8.05. The first-order valence-corrected chi connectivity index (χ1v) is 21.0. The average molecular weight is 748 g/mol. The van der Waals surface area contributed by atoms with Crippen LogP contribution < -0.4 is 19.7 Å².